The van der Waals surface area contributed by atoms with Crippen LogP contribution >= 0.6 is 0 Å². The van der Waals surface area contributed by atoms with Crippen LogP contribution in [0.4, 0.5) is 4.79 Å². The van der Waals surface area contributed by atoms with E-state index < -0.39 is 11.5 Å². The minimum absolute atomic E-state index is 0.00499. The number of carbonyl (C=O) groups is 3. The molecule has 3 amide bonds. The molecule has 1 atom stereocenters. The molecule has 0 aromatic heterocycles. The Morgan fingerprint density at radius 3 is 2.72 bits per heavy atom. The Bertz CT molecular complexity index is 398. The number of piperazine rings is 1. The Kier molecular flexibility index (Phi) is 3.14. The van der Waals surface area contributed by atoms with Crippen molar-refractivity contribution in [2.75, 3.05) is 26.2 Å². The molecule has 2 fully saturated rings. The van der Waals surface area contributed by atoms with Crippen molar-refractivity contribution in [3.8, 4) is 0 Å². The molecule has 2 aliphatic rings. The molecule has 0 aromatic carbocycles. The van der Waals surface area contributed by atoms with E-state index in [1.54, 1.807) is 6.92 Å². The van der Waals surface area contributed by atoms with Gasteiger partial charge in [0, 0.05) is 19.6 Å². The number of carboxylic acid groups (broad SMARTS) is 1. The summed E-state index contributed by atoms with van der Waals surface area (Å²) in [4.78, 5) is 37.6. The number of aliphatic carboxylic acids is 1. The van der Waals surface area contributed by atoms with Crippen molar-refractivity contribution in [3.05, 3.63) is 0 Å². The summed E-state index contributed by atoms with van der Waals surface area (Å²) in [7, 11) is 0. The van der Waals surface area contributed by atoms with Crippen LogP contribution in [0.25, 0.3) is 0 Å². The van der Waals surface area contributed by atoms with Crippen molar-refractivity contribution in [2.24, 2.45) is 0 Å². The van der Waals surface area contributed by atoms with Crippen molar-refractivity contribution < 1.29 is 19.5 Å². The highest BCUT2D eigenvalue weighted by Crippen LogP contribution is 2.30. The molecule has 2 aliphatic heterocycles. The number of urea groups is 1. The molecule has 18 heavy (non-hydrogen) atoms. The van der Waals surface area contributed by atoms with Gasteiger partial charge in [-0.1, -0.05) is 0 Å². The number of hydrogen-bond donors (Lipinski definition) is 2. The SMILES string of the molecule is CC1(C(=O)O)CCCN1C(=O)N1CCNC(=O)C1. The lowest BCUT2D eigenvalue weighted by atomic mass is 10.00. The molecule has 0 aromatic rings. The second-order valence-electron chi connectivity index (χ2n) is 4.89. The first kappa shape index (κ1) is 12.7. The van der Waals surface area contributed by atoms with Gasteiger partial charge in [0.25, 0.3) is 0 Å². The third-order valence-electron chi connectivity index (χ3n) is 3.64. The van der Waals surface area contributed by atoms with Crippen LogP contribution in [0.2, 0.25) is 0 Å². The van der Waals surface area contributed by atoms with Gasteiger partial charge in [-0.25, -0.2) is 9.59 Å². The monoisotopic (exact) mass is 255 g/mol. The van der Waals surface area contributed by atoms with Gasteiger partial charge < -0.3 is 20.2 Å². The van der Waals surface area contributed by atoms with E-state index >= 15 is 0 Å². The summed E-state index contributed by atoms with van der Waals surface area (Å²) in [6.45, 7) is 2.84. The molecule has 7 nitrogen and oxygen atoms in total. The van der Waals surface area contributed by atoms with E-state index in [-0.39, 0.29) is 18.5 Å². The van der Waals surface area contributed by atoms with Crippen molar-refractivity contribution in [1.29, 1.82) is 0 Å². The lowest BCUT2D eigenvalue weighted by Crippen LogP contribution is -2.59. The predicted octanol–water partition coefficient (Wildman–Crippen LogP) is -0.523. The Hall–Kier alpha value is -1.79. The van der Waals surface area contributed by atoms with E-state index in [1.807, 2.05) is 0 Å². The Morgan fingerprint density at radius 1 is 1.39 bits per heavy atom. The molecule has 7 heteroatoms. The molecule has 0 aliphatic carbocycles. The first-order chi connectivity index (χ1) is 8.45. The van der Waals surface area contributed by atoms with Crippen molar-refractivity contribution in [2.45, 2.75) is 25.3 Å². The van der Waals surface area contributed by atoms with Crippen LogP contribution in [-0.2, 0) is 9.59 Å². The highest BCUT2D eigenvalue weighted by molar-refractivity contribution is 5.89. The van der Waals surface area contributed by atoms with Crippen LogP contribution in [0.5, 0.6) is 0 Å². The van der Waals surface area contributed by atoms with E-state index in [4.69, 9.17) is 0 Å². The Balaban J connectivity index is 2.13. The topological polar surface area (TPSA) is 89.9 Å². The smallest absolute Gasteiger partial charge is 0.329 e. The van der Waals surface area contributed by atoms with Gasteiger partial charge in [0.1, 0.15) is 12.1 Å². The lowest BCUT2D eigenvalue weighted by molar-refractivity contribution is -0.147. The molecule has 0 saturated carbocycles. The number of carboxylic acids is 1. The number of nitrogens with zero attached hydrogens (tertiary/aromatic N) is 2. The zero-order valence-electron chi connectivity index (χ0n) is 10.3. The van der Waals surface area contributed by atoms with Gasteiger partial charge in [0.2, 0.25) is 5.91 Å². The first-order valence-electron chi connectivity index (χ1n) is 6.02. The average Bonchev–Trinajstić information content (AvgIpc) is 2.72. The number of amides is 3. The largest absolute Gasteiger partial charge is 0.480 e. The van der Waals surface area contributed by atoms with Crippen LogP contribution in [0.15, 0.2) is 0 Å². The van der Waals surface area contributed by atoms with E-state index in [2.05, 4.69) is 5.32 Å². The summed E-state index contributed by atoms with van der Waals surface area (Å²) in [5, 5.41) is 11.9. The van der Waals surface area contributed by atoms with E-state index in [1.165, 1.54) is 9.80 Å². The number of hydrogen-bond acceptors (Lipinski definition) is 3. The second-order valence-corrected chi connectivity index (χ2v) is 4.89. The minimum atomic E-state index is -1.15. The minimum Gasteiger partial charge on any atom is -0.480 e. The maximum atomic E-state index is 12.3. The molecule has 2 rings (SSSR count). The van der Waals surface area contributed by atoms with Crippen LogP contribution in [-0.4, -0.2) is 64.5 Å². The zero-order valence-corrected chi connectivity index (χ0v) is 10.3. The molecule has 0 radical (unpaired) electrons. The van der Waals surface area contributed by atoms with Gasteiger partial charge in [0.15, 0.2) is 0 Å². The van der Waals surface area contributed by atoms with E-state index in [0.717, 1.165) is 0 Å². The van der Waals surface area contributed by atoms with E-state index in [0.29, 0.717) is 32.5 Å². The number of likely N-dealkylation sites (tertiary alicyclic amines) is 1. The molecule has 100 valence electrons. The fourth-order valence-electron chi connectivity index (χ4n) is 2.46. The quantitative estimate of drug-likeness (QED) is 0.659. The second kappa shape index (κ2) is 4.47. The summed E-state index contributed by atoms with van der Waals surface area (Å²) in [5.41, 5.74) is -1.15. The van der Waals surface area contributed by atoms with E-state index in [9.17, 15) is 19.5 Å². The Labute approximate surface area is 105 Å². The van der Waals surface area contributed by atoms with Gasteiger partial charge in [0.05, 0.1) is 0 Å². The van der Waals surface area contributed by atoms with Crippen LogP contribution in [0, 0.1) is 0 Å². The van der Waals surface area contributed by atoms with Gasteiger partial charge in [-0.3, -0.25) is 4.79 Å². The summed E-state index contributed by atoms with van der Waals surface area (Å²) >= 11 is 0. The molecule has 2 saturated heterocycles. The van der Waals surface area contributed by atoms with Crippen LogP contribution in [0.3, 0.4) is 0 Å². The van der Waals surface area contributed by atoms with Gasteiger partial charge >= 0.3 is 12.0 Å². The van der Waals surface area contributed by atoms with Crippen molar-refractivity contribution in [3.63, 3.8) is 0 Å². The maximum absolute atomic E-state index is 12.3. The third-order valence-corrected chi connectivity index (χ3v) is 3.64. The van der Waals surface area contributed by atoms with Crippen molar-refractivity contribution in [1.82, 2.24) is 15.1 Å². The normalized spacial score (nSPS) is 28.2. The Morgan fingerprint density at radius 2 is 2.11 bits per heavy atom. The van der Waals surface area contributed by atoms with Crippen LogP contribution < -0.4 is 5.32 Å². The molecule has 0 spiro atoms. The first-order valence-corrected chi connectivity index (χ1v) is 6.02. The van der Waals surface area contributed by atoms with Crippen molar-refractivity contribution >= 4 is 17.9 Å². The molecular weight excluding hydrogens is 238 g/mol. The zero-order chi connectivity index (χ0) is 13.3. The van der Waals surface area contributed by atoms with Gasteiger partial charge in [-0.05, 0) is 19.8 Å². The van der Waals surface area contributed by atoms with Gasteiger partial charge in [-0.15, -0.1) is 0 Å². The maximum Gasteiger partial charge on any atom is 0.329 e. The predicted molar refractivity (Wildman–Crippen MR) is 62.0 cm³/mol. The van der Waals surface area contributed by atoms with Gasteiger partial charge in [-0.2, -0.15) is 0 Å². The highest BCUT2D eigenvalue weighted by Gasteiger charge is 2.47. The third kappa shape index (κ3) is 2.00. The number of carbonyl (C=O) groups excluding carboxylic acids is 2. The lowest BCUT2D eigenvalue weighted by Gasteiger charge is -2.36. The number of nitrogens with one attached hydrogen (secondary N) is 1. The van der Waals surface area contributed by atoms with Crippen LogP contribution in [0.1, 0.15) is 19.8 Å². The summed E-state index contributed by atoms with van der Waals surface area (Å²) < 4.78 is 0. The fourth-order valence-corrected chi connectivity index (χ4v) is 2.46. The summed E-state index contributed by atoms with van der Waals surface area (Å²) in [6, 6.07) is -0.354. The molecular formula is C11H17N3O4. The molecule has 2 heterocycles. The highest BCUT2D eigenvalue weighted by atomic mass is 16.4. The standard InChI is InChI=1S/C11H17N3O4/c1-11(9(16)17)3-2-5-14(11)10(18)13-6-4-12-8(15)7-13/h2-7H2,1H3,(H,12,15)(H,16,17). The average molecular weight is 255 g/mol. The fraction of sp³-hybridized carbons (Fsp3) is 0.727. The molecule has 1 unspecified atom stereocenters. The summed E-state index contributed by atoms with van der Waals surface area (Å²) in [6.07, 6.45) is 1.13. The molecule has 2 N–H and O–H groups in total. The number of rotatable bonds is 1. The summed E-state index contributed by atoms with van der Waals surface area (Å²) in [5.74, 6) is -1.19. The molecule has 0 bridgehead atoms.